The van der Waals surface area contributed by atoms with E-state index in [0.29, 0.717) is 50.0 Å². The van der Waals surface area contributed by atoms with Gasteiger partial charge < -0.3 is 14.4 Å². The number of aromatic nitrogens is 3. The molecule has 3 heterocycles. The number of fused-ring (bicyclic) bond motifs is 1. The van der Waals surface area contributed by atoms with E-state index >= 15 is 0 Å². The summed E-state index contributed by atoms with van der Waals surface area (Å²) in [6.45, 7) is 7.90. The molecule has 1 fully saturated rings. The first-order valence-electron chi connectivity index (χ1n) is 10.2. The summed E-state index contributed by atoms with van der Waals surface area (Å²) in [5.74, 6) is -0.968. The van der Waals surface area contributed by atoms with E-state index in [1.807, 2.05) is 11.8 Å². The van der Waals surface area contributed by atoms with Crippen LogP contribution in [0.4, 0.5) is 14.6 Å². The van der Waals surface area contributed by atoms with E-state index in [9.17, 15) is 13.6 Å². The third-order valence-electron chi connectivity index (χ3n) is 5.42. The number of benzene rings is 1. The molecule has 0 radical (unpaired) electrons. The van der Waals surface area contributed by atoms with Crippen LogP contribution in [0.3, 0.4) is 0 Å². The topological polar surface area (TPSA) is 69.0 Å². The first kappa shape index (κ1) is 21.3. The first-order valence-corrected chi connectivity index (χ1v) is 10.2. The zero-order valence-electron chi connectivity index (χ0n) is 17.7. The second kappa shape index (κ2) is 8.68. The van der Waals surface area contributed by atoms with Gasteiger partial charge in [0.2, 0.25) is 0 Å². The lowest BCUT2D eigenvalue weighted by atomic mass is 10.1. The highest BCUT2D eigenvalue weighted by molar-refractivity contribution is 5.76. The summed E-state index contributed by atoms with van der Waals surface area (Å²) in [4.78, 5) is 24.1. The molecule has 1 atom stereocenters. The molecule has 1 saturated heterocycles. The third kappa shape index (κ3) is 4.15. The number of rotatable bonds is 5. The molecule has 1 aliphatic rings. The van der Waals surface area contributed by atoms with E-state index in [0.717, 1.165) is 12.1 Å². The normalized spacial score (nSPS) is 16.8. The summed E-state index contributed by atoms with van der Waals surface area (Å²) < 4.78 is 40.8. The van der Waals surface area contributed by atoms with Gasteiger partial charge >= 0.3 is 0 Å². The summed E-state index contributed by atoms with van der Waals surface area (Å²) in [5, 5.41) is 0. The first-order chi connectivity index (χ1) is 14.9. The van der Waals surface area contributed by atoms with Crippen molar-refractivity contribution in [2.24, 2.45) is 0 Å². The van der Waals surface area contributed by atoms with Crippen molar-refractivity contribution < 1.29 is 18.3 Å². The number of ether oxygens (including phenoxy) is 2. The van der Waals surface area contributed by atoms with Crippen molar-refractivity contribution in [3.05, 3.63) is 57.6 Å². The van der Waals surface area contributed by atoms with Crippen LogP contribution in [0.25, 0.3) is 16.9 Å². The van der Waals surface area contributed by atoms with Gasteiger partial charge in [0.15, 0.2) is 5.65 Å². The summed E-state index contributed by atoms with van der Waals surface area (Å²) in [6.07, 6.45) is 1.47. The number of anilines is 1. The van der Waals surface area contributed by atoms with Crippen LogP contribution in [0, 0.1) is 25.5 Å². The van der Waals surface area contributed by atoms with Crippen LogP contribution >= 0.6 is 0 Å². The van der Waals surface area contributed by atoms with Crippen LogP contribution in [-0.4, -0.2) is 53.4 Å². The van der Waals surface area contributed by atoms with E-state index in [4.69, 9.17) is 9.47 Å². The van der Waals surface area contributed by atoms with Crippen LogP contribution < -0.4 is 10.5 Å². The maximum Gasteiger partial charge on any atom is 0.261 e. The quantitative estimate of drug-likeness (QED) is 0.620. The number of hydrogen-bond donors (Lipinski definition) is 0. The Bertz CT molecular complexity index is 1180. The molecule has 1 aliphatic heterocycles. The number of aryl methyl sites for hydroxylation is 1. The molecule has 7 nitrogen and oxygen atoms in total. The van der Waals surface area contributed by atoms with E-state index in [1.165, 1.54) is 10.5 Å². The fourth-order valence-electron chi connectivity index (χ4n) is 3.62. The molecular formula is C22H24F2N4O3. The molecule has 9 heteroatoms. The molecular weight excluding hydrogens is 406 g/mol. The lowest BCUT2D eigenvalue weighted by Crippen LogP contribution is -2.45. The van der Waals surface area contributed by atoms with Gasteiger partial charge in [0.1, 0.15) is 23.1 Å². The zero-order chi connectivity index (χ0) is 22.1. The average molecular weight is 430 g/mol. The fourth-order valence-corrected chi connectivity index (χ4v) is 3.62. The SMILES string of the molecule is CCOCC1CN(c2cn3c(=O)c(C)c(C)nc3c(-c3ccc(F)cc3F)n2)CCO1. The van der Waals surface area contributed by atoms with E-state index < -0.39 is 11.6 Å². The van der Waals surface area contributed by atoms with Gasteiger partial charge in [-0.05, 0) is 32.9 Å². The average Bonchev–Trinajstić information content (AvgIpc) is 2.76. The van der Waals surface area contributed by atoms with Crippen LogP contribution in [-0.2, 0) is 9.47 Å². The largest absolute Gasteiger partial charge is 0.379 e. The molecule has 0 N–H and O–H groups in total. The molecule has 0 spiro atoms. The Morgan fingerprint density at radius 1 is 1.26 bits per heavy atom. The van der Waals surface area contributed by atoms with E-state index in [2.05, 4.69) is 9.97 Å². The van der Waals surface area contributed by atoms with Crippen molar-refractivity contribution in [2.75, 3.05) is 37.8 Å². The summed E-state index contributed by atoms with van der Waals surface area (Å²) in [5.41, 5.74) is 1.26. The van der Waals surface area contributed by atoms with Crippen molar-refractivity contribution >= 4 is 11.5 Å². The molecule has 0 amide bonds. The van der Waals surface area contributed by atoms with Crippen LogP contribution in [0.15, 0.2) is 29.2 Å². The van der Waals surface area contributed by atoms with Gasteiger partial charge in [-0.25, -0.2) is 18.7 Å². The fraction of sp³-hybridized carbons (Fsp3) is 0.409. The van der Waals surface area contributed by atoms with Crippen molar-refractivity contribution in [3.63, 3.8) is 0 Å². The van der Waals surface area contributed by atoms with Gasteiger partial charge in [0.25, 0.3) is 5.56 Å². The Labute approximate surface area is 178 Å². The lowest BCUT2D eigenvalue weighted by Gasteiger charge is -2.33. The second-order valence-electron chi connectivity index (χ2n) is 7.49. The van der Waals surface area contributed by atoms with Crippen molar-refractivity contribution in [1.82, 2.24) is 14.4 Å². The van der Waals surface area contributed by atoms with Gasteiger partial charge in [-0.2, -0.15) is 0 Å². The van der Waals surface area contributed by atoms with Gasteiger partial charge in [-0.3, -0.25) is 9.20 Å². The van der Waals surface area contributed by atoms with Gasteiger partial charge in [-0.15, -0.1) is 0 Å². The second-order valence-corrected chi connectivity index (χ2v) is 7.49. The highest BCUT2D eigenvalue weighted by atomic mass is 19.1. The molecule has 1 unspecified atom stereocenters. The molecule has 3 aromatic rings. The standard InChI is InChI=1S/C22H24F2N4O3/c1-4-30-12-16-10-27(7-8-31-16)19-11-28-21(25-14(3)13(2)22(28)29)20(26-19)17-6-5-15(23)9-18(17)24/h5-6,9,11,16H,4,7-8,10,12H2,1-3H3. The molecule has 0 aliphatic carbocycles. The van der Waals surface area contributed by atoms with E-state index in [1.54, 1.807) is 20.0 Å². The molecule has 4 rings (SSSR count). The number of hydrogen-bond acceptors (Lipinski definition) is 6. The Morgan fingerprint density at radius 3 is 2.81 bits per heavy atom. The molecule has 0 saturated carbocycles. The Morgan fingerprint density at radius 2 is 2.06 bits per heavy atom. The molecule has 0 bridgehead atoms. The third-order valence-corrected chi connectivity index (χ3v) is 5.42. The minimum Gasteiger partial charge on any atom is -0.379 e. The maximum atomic E-state index is 14.7. The highest BCUT2D eigenvalue weighted by Crippen LogP contribution is 2.28. The Hall–Kier alpha value is -2.91. The lowest BCUT2D eigenvalue weighted by molar-refractivity contribution is -0.0209. The number of morpholine rings is 1. The summed E-state index contributed by atoms with van der Waals surface area (Å²) in [6, 6.07) is 3.27. The number of halogens is 2. The zero-order valence-corrected chi connectivity index (χ0v) is 17.7. The molecule has 164 valence electrons. The van der Waals surface area contributed by atoms with Crippen molar-refractivity contribution in [3.8, 4) is 11.3 Å². The monoisotopic (exact) mass is 430 g/mol. The minimum absolute atomic E-state index is 0.0787. The molecule has 31 heavy (non-hydrogen) atoms. The van der Waals surface area contributed by atoms with E-state index in [-0.39, 0.29) is 28.6 Å². The molecule has 1 aromatic carbocycles. The molecule has 2 aromatic heterocycles. The van der Waals surface area contributed by atoms with Crippen molar-refractivity contribution in [1.29, 1.82) is 0 Å². The van der Waals surface area contributed by atoms with Crippen LogP contribution in [0.5, 0.6) is 0 Å². The van der Waals surface area contributed by atoms with Gasteiger partial charge in [0.05, 0.1) is 25.5 Å². The van der Waals surface area contributed by atoms with Crippen LogP contribution in [0.1, 0.15) is 18.2 Å². The highest BCUT2D eigenvalue weighted by Gasteiger charge is 2.24. The van der Waals surface area contributed by atoms with Crippen LogP contribution in [0.2, 0.25) is 0 Å². The maximum absolute atomic E-state index is 14.7. The Kier molecular flexibility index (Phi) is 5.97. The predicted molar refractivity (Wildman–Crippen MR) is 113 cm³/mol. The smallest absolute Gasteiger partial charge is 0.261 e. The number of nitrogens with zero attached hydrogens (tertiary/aromatic N) is 4. The van der Waals surface area contributed by atoms with Gasteiger partial charge in [0, 0.05) is 42.6 Å². The van der Waals surface area contributed by atoms with Gasteiger partial charge in [-0.1, -0.05) is 0 Å². The van der Waals surface area contributed by atoms with Crippen molar-refractivity contribution in [2.45, 2.75) is 26.9 Å². The predicted octanol–water partition coefficient (Wildman–Crippen LogP) is 2.89. The minimum atomic E-state index is -0.768. The Balaban J connectivity index is 1.88. The summed E-state index contributed by atoms with van der Waals surface area (Å²) >= 11 is 0. The summed E-state index contributed by atoms with van der Waals surface area (Å²) in [7, 11) is 0.